The molecule has 3 aromatic rings. The molecule has 0 fully saturated rings. The van der Waals surface area contributed by atoms with Crippen LogP contribution in [0.4, 0.5) is 9.52 Å². The maximum atomic E-state index is 13.9. The van der Waals surface area contributed by atoms with Gasteiger partial charge in [0.15, 0.2) is 5.13 Å². The van der Waals surface area contributed by atoms with Gasteiger partial charge in [0.05, 0.1) is 0 Å². The van der Waals surface area contributed by atoms with E-state index in [9.17, 15) is 17.6 Å². The Bertz CT molecular complexity index is 1010. The minimum absolute atomic E-state index is 0.103. The summed E-state index contributed by atoms with van der Waals surface area (Å²) in [7, 11) is -4.24. The number of sulfonamides is 1. The van der Waals surface area contributed by atoms with Gasteiger partial charge in [-0.15, -0.1) is 11.3 Å². The Kier molecular flexibility index (Phi) is 5.94. The lowest BCUT2D eigenvalue weighted by Gasteiger charge is -2.18. The van der Waals surface area contributed by atoms with Crippen LogP contribution in [0.3, 0.4) is 0 Å². The maximum absolute atomic E-state index is 13.9. The second-order valence-electron chi connectivity index (χ2n) is 5.62. The van der Waals surface area contributed by atoms with Gasteiger partial charge < -0.3 is 5.32 Å². The van der Waals surface area contributed by atoms with Gasteiger partial charge in [-0.05, 0) is 24.1 Å². The highest BCUT2D eigenvalue weighted by Crippen LogP contribution is 2.16. The normalized spacial score (nSPS) is 12.5. The molecule has 0 aliphatic heterocycles. The molecule has 1 atom stereocenters. The fraction of sp³-hybridized carbons (Fsp3) is 0.111. The molecule has 1 unspecified atom stereocenters. The Morgan fingerprint density at radius 2 is 1.81 bits per heavy atom. The molecule has 0 radical (unpaired) electrons. The Balaban J connectivity index is 1.87. The average molecular weight is 405 g/mol. The average Bonchev–Trinajstić information content (AvgIpc) is 3.15. The first-order chi connectivity index (χ1) is 13.0. The number of carbonyl (C=O) groups is 1. The predicted molar refractivity (Wildman–Crippen MR) is 101 cm³/mol. The van der Waals surface area contributed by atoms with Crippen molar-refractivity contribution in [2.75, 3.05) is 5.32 Å². The number of aromatic nitrogens is 1. The molecule has 2 aromatic carbocycles. The third-order valence-corrected chi connectivity index (χ3v) is 5.88. The van der Waals surface area contributed by atoms with E-state index in [2.05, 4.69) is 15.0 Å². The van der Waals surface area contributed by atoms with Gasteiger partial charge >= 0.3 is 0 Å². The summed E-state index contributed by atoms with van der Waals surface area (Å²) in [6, 6.07) is 12.8. The van der Waals surface area contributed by atoms with Crippen molar-refractivity contribution in [3.05, 3.63) is 77.6 Å². The Morgan fingerprint density at radius 1 is 1.11 bits per heavy atom. The number of benzene rings is 2. The molecule has 1 amide bonds. The third-order valence-electron chi connectivity index (χ3n) is 3.69. The highest BCUT2D eigenvalue weighted by atomic mass is 32.2. The molecule has 0 aliphatic carbocycles. The molecule has 0 spiro atoms. The smallest absolute Gasteiger partial charge is 0.244 e. The SMILES string of the molecule is O=C(Nc1nccs1)C(Cc1ccccc1)NS(=O)(=O)c1ccccc1F. The third kappa shape index (κ3) is 4.97. The summed E-state index contributed by atoms with van der Waals surface area (Å²) in [5, 5.41) is 4.61. The van der Waals surface area contributed by atoms with E-state index in [0.29, 0.717) is 5.13 Å². The number of hydrogen-bond donors (Lipinski definition) is 2. The lowest BCUT2D eigenvalue weighted by molar-refractivity contribution is -0.117. The lowest BCUT2D eigenvalue weighted by atomic mass is 10.1. The molecule has 27 heavy (non-hydrogen) atoms. The van der Waals surface area contributed by atoms with Crippen LogP contribution in [-0.4, -0.2) is 25.4 Å². The molecular formula is C18H16FN3O3S2. The van der Waals surface area contributed by atoms with Gasteiger partial charge in [-0.25, -0.2) is 17.8 Å². The van der Waals surface area contributed by atoms with E-state index in [1.165, 1.54) is 29.7 Å². The minimum Gasteiger partial charge on any atom is -0.301 e. The van der Waals surface area contributed by atoms with Gasteiger partial charge in [0.25, 0.3) is 0 Å². The van der Waals surface area contributed by atoms with Gasteiger partial charge in [-0.2, -0.15) is 4.72 Å². The van der Waals surface area contributed by atoms with E-state index >= 15 is 0 Å². The number of nitrogens with zero attached hydrogens (tertiary/aromatic N) is 1. The predicted octanol–water partition coefficient (Wildman–Crippen LogP) is 2.81. The van der Waals surface area contributed by atoms with E-state index in [1.54, 1.807) is 29.6 Å². The van der Waals surface area contributed by atoms with Crippen LogP contribution in [0.25, 0.3) is 0 Å². The molecule has 2 N–H and O–H groups in total. The number of hydrogen-bond acceptors (Lipinski definition) is 5. The van der Waals surface area contributed by atoms with Crippen LogP contribution in [0.15, 0.2) is 71.1 Å². The first-order valence-electron chi connectivity index (χ1n) is 7.97. The molecule has 1 heterocycles. The van der Waals surface area contributed by atoms with Crippen LogP contribution in [0.2, 0.25) is 0 Å². The zero-order valence-electron chi connectivity index (χ0n) is 14.0. The summed E-state index contributed by atoms with van der Waals surface area (Å²) < 4.78 is 41.5. The van der Waals surface area contributed by atoms with Crippen LogP contribution < -0.4 is 10.0 Å². The van der Waals surface area contributed by atoms with Crippen molar-refractivity contribution in [1.29, 1.82) is 0 Å². The molecule has 0 saturated heterocycles. The molecule has 9 heteroatoms. The molecule has 140 valence electrons. The molecule has 6 nitrogen and oxygen atoms in total. The molecule has 0 bridgehead atoms. The summed E-state index contributed by atoms with van der Waals surface area (Å²) in [4.78, 5) is 16.1. The van der Waals surface area contributed by atoms with Crippen molar-refractivity contribution in [2.24, 2.45) is 0 Å². The van der Waals surface area contributed by atoms with Gasteiger partial charge in [0, 0.05) is 11.6 Å². The first-order valence-corrected chi connectivity index (χ1v) is 10.3. The molecule has 3 rings (SSSR count). The van der Waals surface area contributed by atoms with Gasteiger partial charge in [-0.1, -0.05) is 42.5 Å². The van der Waals surface area contributed by atoms with Crippen LogP contribution in [0.5, 0.6) is 0 Å². The second kappa shape index (κ2) is 8.38. The van der Waals surface area contributed by atoms with Gasteiger partial charge in [-0.3, -0.25) is 4.79 Å². The number of halogens is 1. The van der Waals surface area contributed by atoms with Crippen molar-refractivity contribution in [3.63, 3.8) is 0 Å². The van der Waals surface area contributed by atoms with Crippen LogP contribution >= 0.6 is 11.3 Å². The topological polar surface area (TPSA) is 88.2 Å². The molecular weight excluding hydrogens is 389 g/mol. The first kappa shape index (κ1) is 19.2. The van der Waals surface area contributed by atoms with E-state index in [1.807, 2.05) is 6.07 Å². The van der Waals surface area contributed by atoms with E-state index in [0.717, 1.165) is 17.7 Å². The minimum atomic E-state index is -4.24. The monoisotopic (exact) mass is 405 g/mol. The number of nitrogens with one attached hydrogen (secondary N) is 2. The number of thiazole rings is 1. The quantitative estimate of drug-likeness (QED) is 0.633. The molecule has 0 saturated carbocycles. The standard InChI is InChI=1S/C18H16FN3O3S2/c19-14-8-4-5-9-16(14)27(24,25)22-15(12-13-6-2-1-3-7-13)17(23)21-18-20-10-11-26-18/h1-11,15,22H,12H2,(H,20,21,23). The maximum Gasteiger partial charge on any atom is 0.244 e. The molecule has 0 aliphatic rings. The van der Waals surface area contributed by atoms with E-state index in [4.69, 9.17) is 0 Å². The van der Waals surface area contributed by atoms with Crippen molar-refractivity contribution in [3.8, 4) is 0 Å². The van der Waals surface area contributed by atoms with E-state index in [-0.39, 0.29) is 6.42 Å². The Labute approximate surface area is 160 Å². The van der Waals surface area contributed by atoms with Crippen LogP contribution in [-0.2, 0) is 21.2 Å². The summed E-state index contributed by atoms with van der Waals surface area (Å²) >= 11 is 1.21. The Morgan fingerprint density at radius 3 is 2.48 bits per heavy atom. The highest BCUT2D eigenvalue weighted by molar-refractivity contribution is 7.89. The Hall–Kier alpha value is -2.62. The van der Waals surface area contributed by atoms with Crippen LogP contribution in [0, 0.1) is 5.82 Å². The fourth-order valence-corrected chi connectivity index (χ4v) is 4.24. The molecule has 1 aromatic heterocycles. The van der Waals surface area contributed by atoms with Gasteiger partial charge in [0.2, 0.25) is 15.9 Å². The van der Waals surface area contributed by atoms with Gasteiger partial charge in [0.1, 0.15) is 16.8 Å². The van der Waals surface area contributed by atoms with Crippen LogP contribution in [0.1, 0.15) is 5.56 Å². The number of carbonyl (C=O) groups excluding carboxylic acids is 1. The lowest BCUT2D eigenvalue weighted by Crippen LogP contribution is -2.45. The summed E-state index contributed by atoms with van der Waals surface area (Å²) in [6.07, 6.45) is 1.63. The number of rotatable bonds is 7. The summed E-state index contributed by atoms with van der Waals surface area (Å²) in [6.45, 7) is 0. The zero-order valence-corrected chi connectivity index (χ0v) is 15.6. The number of amides is 1. The number of anilines is 1. The van der Waals surface area contributed by atoms with Crippen molar-refractivity contribution in [2.45, 2.75) is 17.4 Å². The largest absolute Gasteiger partial charge is 0.301 e. The fourth-order valence-electron chi connectivity index (χ4n) is 2.43. The van der Waals surface area contributed by atoms with Crippen molar-refractivity contribution < 1.29 is 17.6 Å². The summed E-state index contributed by atoms with van der Waals surface area (Å²) in [5.74, 6) is -1.46. The second-order valence-corrected chi connectivity index (χ2v) is 8.20. The van der Waals surface area contributed by atoms with E-state index < -0.39 is 32.7 Å². The van der Waals surface area contributed by atoms with Crippen molar-refractivity contribution >= 4 is 32.4 Å². The summed E-state index contributed by atoms with van der Waals surface area (Å²) in [5.41, 5.74) is 0.757. The van der Waals surface area contributed by atoms with Crippen molar-refractivity contribution in [1.82, 2.24) is 9.71 Å². The highest BCUT2D eigenvalue weighted by Gasteiger charge is 2.28. The zero-order chi connectivity index (χ0) is 19.3.